The van der Waals surface area contributed by atoms with E-state index in [1.54, 1.807) is 11.8 Å². The number of aromatic nitrogens is 4. The van der Waals surface area contributed by atoms with Gasteiger partial charge in [0.25, 0.3) is 0 Å². The summed E-state index contributed by atoms with van der Waals surface area (Å²) in [6, 6.07) is 4.10. The highest BCUT2D eigenvalue weighted by molar-refractivity contribution is 7.99. The van der Waals surface area contributed by atoms with Gasteiger partial charge in [-0.15, -0.1) is 0 Å². The third-order valence-corrected chi connectivity index (χ3v) is 4.20. The molecule has 0 spiro atoms. The Balaban J connectivity index is 1.89. The average Bonchev–Trinajstić information content (AvgIpc) is 3.18. The van der Waals surface area contributed by atoms with Crippen molar-refractivity contribution in [2.24, 2.45) is 7.05 Å². The van der Waals surface area contributed by atoms with Crippen molar-refractivity contribution in [2.45, 2.75) is 42.7 Å². The van der Waals surface area contributed by atoms with Gasteiger partial charge in [0.15, 0.2) is 0 Å². The predicted octanol–water partition coefficient (Wildman–Crippen LogP) is 2.98. The van der Waals surface area contributed by atoms with E-state index in [9.17, 15) is 0 Å². The van der Waals surface area contributed by atoms with Gasteiger partial charge in [-0.3, -0.25) is 4.68 Å². The molecular formula is C14H19N5S. The minimum atomic E-state index is 0.557. The zero-order chi connectivity index (χ0) is 14.1. The summed E-state index contributed by atoms with van der Waals surface area (Å²) >= 11 is 1.64. The second-order valence-corrected chi connectivity index (χ2v) is 6.14. The smallest absolute Gasteiger partial charge is 0.135 e. The van der Waals surface area contributed by atoms with Crippen LogP contribution in [0.2, 0.25) is 0 Å². The zero-order valence-corrected chi connectivity index (χ0v) is 12.9. The number of rotatable bonds is 5. The lowest BCUT2D eigenvalue weighted by Gasteiger charge is -2.08. The van der Waals surface area contributed by atoms with Gasteiger partial charge in [0.1, 0.15) is 21.7 Å². The summed E-state index contributed by atoms with van der Waals surface area (Å²) in [5.74, 6) is 2.46. The molecule has 106 valence electrons. The van der Waals surface area contributed by atoms with Crippen LogP contribution in [0.25, 0.3) is 0 Å². The molecule has 0 aromatic carbocycles. The minimum Gasteiger partial charge on any atom is -0.370 e. The Morgan fingerprint density at radius 3 is 2.75 bits per heavy atom. The van der Waals surface area contributed by atoms with Crippen molar-refractivity contribution in [1.82, 2.24) is 19.7 Å². The first-order chi connectivity index (χ1) is 9.65. The maximum absolute atomic E-state index is 4.69. The van der Waals surface area contributed by atoms with Crippen LogP contribution < -0.4 is 5.32 Å². The Kier molecular flexibility index (Phi) is 3.65. The Labute approximate surface area is 123 Å². The van der Waals surface area contributed by atoms with Crippen LogP contribution in [0.1, 0.15) is 37.2 Å². The van der Waals surface area contributed by atoms with E-state index >= 15 is 0 Å². The fourth-order valence-corrected chi connectivity index (χ4v) is 3.01. The van der Waals surface area contributed by atoms with Gasteiger partial charge in [0, 0.05) is 25.6 Å². The second-order valence-electron chi connectivity index (χ2n) is 5.10. The van der Waals surface area contributed by atoms with Crippen molar-refractivity contribution in [2.75, 3.05) is 11.9 Å². The summed E-state index contributed by atoms with van der Waals surface area (Å²) in [7, 11) is 1.96. The van der Waals surface area contributed by atoms with E-state index in [0.717, 1.165) is 33.9 Å². The van der Waals surface area contributed by atoms with Crippen LogP contribution in [-0.2, 0) is 7.05 Å². The van der Waals surface area contributed by atoms with Gasteiger partial charge in [0.05, 0.1) is 5.69 Å². The summed E-state index contributed by atoms with van der Waals surface area (Å²) in [6.45, 7) is 4.95. The van der Waals surface area contributed by atoms with Gasteiger partial charge in [-0.2, -0.15) is 5.10 Å². The summed E-state index contributed by atoms with van der Waals surface area (Å²) in [6.07, 6.45) is 2.43. The van der Waals surface area contributed by atoms with Crippen molar-refractivity contribution < 1.29 is 0 Å². The number of anilines is 1. The Bertz CT molecular complexity index is 618. The van der Waals surface area contributed by atoms with Crippen LogP contribution in [0.15, 0.2) is 22.2 Å². The average molecular weight is 289 g/mol. The second kappa shape index (κ2) is 5.44. The molecule has 6 heteroatoms. The van der Waals surface area contributed by atoms with Crippen molar-refractivity contribution >= 4 is 17.6 Å². The molecule has 0 saturated heterocycles. The molecule has 5 nitrogen and oxygen atoms in total. The van der Waals surface area contributed by atoms with Gasteiger partial charge >= 0.3 is 0 Å². The van der Waals surface area contributed by atoms with Crippen LogP contribution in [-0.4, -0.2) is 26.3 Å². The van der Waals surface area contributed by atoms with Gasteiger partial charge in [-0.1, -0.05) is 11.8 Å². The Morgan fingerprint density at radius 1 is 1.35 bits per heavy atom. The molecule has 1 saturated carbocycles. The SMILES string of the molecule is CCNc1cc(Sc2cc(C)nn2C)nc(C2CC2)n1. The van der Waals surface area contributed by atoms with E-state index < -0.39 is 0 Å². The molecular weight excluding hydrogens is 270 g/mol. The third-order valence-electron chi connectivity index (χ3n) is 3.19. The lowest BCUT2D eigenvalue weighted by molar-refractivity contribution is 0.691. The maximum atomic E-state index is 4.69. The fourth-order valence-electron chi connectivity index (χ4n) is 2.08. The minimum absolute atomic E-state index is 0.557. The monoisotopic (exact) mass is 289 g/mol. The topological polar surface area (TPSA) is 55.6 Å². The van der Waals surface area contributed by atoms with Crippen molar-refractivity contribution in [3.8, 4) is 0 Å². The van der Waals surface area contributed by atoms with Gasteiger partial charge in [0.2, 0.25) is 0 Å². The molecule has 1 aliphatic rings. The summed E-state index contributed by atoms with van der Waals surface area (Å²) < 4.78 is 1.89. The van der Waals surface area contributed by atoms with Crippen LogP contribution in [0, 0.1) is 6.92 Å². The molecule has 20 heavy (non-hydrogen) atoms. The van der Waals surface area contributed by atoms with Crippen LogP contribution in [0.4, 0.5) is 5.82 Å². The molecule has 0 radical (unpaired) electrons. The van der Waals surface area contributed by atoms with Crippen LogP contribution >= 0.6 is 11.8 Å². The standard InChI is InChI=1S/C14H19N5S/c1-4-15-11-8-12(17-14(16-11)10-5-6-10)20-13-7-9(2)18-19(13)3/h7-8,10H,4-6H2,1-3H3,(H,15,16,17). The highest BCUT2D eigenvalue weighted by Gasteiger charge is 2.27. The molecule has 0 aliphatic heterocycles. The molecule has 2 heterocycles. The molecule has 2 aromatic rings. The van der Waals surface area contributed by atoms with E-state index in [4.69, 9.17) is 4.98 Å². The fraction of sp³-hybridized carbons (Fsp3) is 0.500. The lowest BCUT2D eigenvalue weighted by atomic mass is 10.4. The van der Waals surface area contributed by atoms with E-state index in [0.29, 0.717) is 5.92 Å². The number of nitrogens with one attached hydrogen (secondary N) is 1. The van der Waals surface area contributed by atoms with Crippen molar-refractivity contribution in [1.29, 1.82) is 0 Å². The predicted molar refractivity (Wildman–Crippen MR) is 80.2 cm³/mol. The maximum Gasteiger partial charge on any atom is 0.135 e. The van der Waals surface area contributed by atoms with Gasteiger partial charge in [-0.25, -0.2) is 9.97 Å². The number of nitrogens with zero attached hydrogens (tertiary/aromatic N) is 4. The molecule has 3 rings (SSSR count). The Morgan fingerprint density at radius 2 is 2.15 bits per heavy atom. The molecule has 0 unspecified atom stereocenters. The first kappa shape index (κ1) is 13.4. The van der Waals surface area contributed by atoms with E-state index in [1.807, 2.05) is 24.7 Å². The molecule has 0 amide bonds. The van der Waals surface area contributed by atoms with Crippen molar-refractivity contribution in [3.63, 3.8) is 0 Å². The Hall–Kier alpha value is -1.56. The number of hydrogen-bond donors (Lipinski definition) is 1. The van der Waals surface area contributed by atoms with E-state index in [2.05, 4.69) is 28.4 Å². The molecule has 1 fully saturated rings. The zero-order valence-electron chi connectivity index (χ0n) is 12.1. The molecule has 0 bridgehead atoms. The van der Waals surface area contributed by atoms with Crippen LogP contribution in [0.3, 0.4) is 0 Å². The van der Waals surface area contributed by atoms with Crippen LogP contribution in [0.5, 0.6) is 0 Å². The van der Waals surface area contributed by atoms with E-state index in [1.165, 1.54) is 12.8 Å². The quantitative estimate of drug-likeness (QED) is 0.858. The number of hydrogen-bond acceptors (Lipinski definition) is 5. The first-order valence-electron chi connectivity index (χ1n) is 6.97. The third kappa shape index (κ3) is 2.95. The number of aryl methyl sites for hydroxylation is 2. The highest BCUT2D eigenvalue weighted by atomic mass is 32.2. The molecule has 2 aromatic heterocycles. The summed E-state index contributed by atoms with van der Waals surface area (Å²) in [5.41, 5.74) is 1.03. The molecule has 1 N–H and O–H groups in total. The summed E-state index contributed by atoms with van der Waals surface area (Å²) in [4.78, 5) is 9.29. The highest BCUT2D eigenvalue weighted by Crippen LogP contribution is 2.39. The van der Waals surface area contributed by atoms with Crippen molar-refractivity contribution in [3.05, 3.63) is 23.7 Å². The van der Waals surface area contributed by atoms with Gasteiger partial charge in [-0.05, 0) is 32.8 Å². The van der Waals surface area contributed by atoms with E-state index in [-0.39, 0.29) is 0 Å². The normalized spacial score (nSPS) is 14.6. The molecule has 1 aliphatic carbocycles. The lowest BCUT2D eigenvalue weighted by Crippen LogP contribution is -2.04. The first-order valence-corrected chi connectivity index (χ1v) is 7.78. The molecule has 0 atom stereocenters. The van der Waals surface area contributed by atoms with Gasteiger partial charge < -0.3 is 5.32 Å². The summed E-state index contributed by atoms with van der Waals surface area (Å²) in [5, 5.41) is 9.75. The largest absolute Gasteiger partial charge is 0.370 e.